The number of sulfonamides is 1. The van der Waals surface area contributed by atoms with E-state index in [1.54, 1.807) is 24.3 Å². The van der Waals surface area contributed by atoms with Crippen molar-refractivity contribution < 1.29 is 17.9 Å². The lowest BCUT2D eigenvalue weighted by atomic mass is 10.2. The Morgan fingerprint density at radius 3 is 2.65 bits per heavy atom. The third kappa shape index (κ3) is 4.69. The van der Waals surface area contributed by atoms with E-state index in [4.69, 9.17) is 4.74 Å². The van der Waals surface area contributed by atoms with Crippen molar-refractivity contribution in [2.75, 3.05) is 18.5 Å². The summed E-state index contributed by atoms with van der Waals surface area (Å²) in [7, 11) is -3.69. The van der Waals surface area contributed by atoms with Crippen LogP contribution in [0.5, 0.6) is 0 Å². The summed E-state index contributed by atoms with van der Waals surface area (Å²) in [6.45, 7) is 2.87. The molecule has 1 aliphatic heterocycles. The minimum atomic E-state index is -3.69. The van der Waals surface area contributed by atoms with E-state index in [2.05, 4.69) is 10.0 Å². The van der Waals surface area contributed by atoms with Crippen LogP contribution in [0.1, 0.15) is 28.8 Å². The highest BCUT2D eigenvalue weighted by Gasteiger charge is 2.21. The molecule has 2 aromatic carbocycles. The molecule has 2 N–H and O–H groups in total. The first-order chi connectivity index (χ1) is 12.4. The van der Waals surface area contributed by atoms with Gasteiger partial charge in [-0.1, -0.05) is 23.8 Å². The zero-order valence-corrected chi connectivity index (χ0v) is 15.4. The van der Waals surface area contributed by atoms with E-state index < -0.39 is 10.0 Å². The van der Waals surface area contributed by atoms with Gasteiger partial charge in [0.2, 0.25) is 10.0 Å². The lowest BCUT2D eigenvalue weighted by Crippen LogP contribution is -2.32. The van der Waals surface area contributed by atoms with Crippen molar-refractivity contribution in [2.24, 2.45) is 0 Å². The van der Waals surface area contributed by atoms with E-state index >= 15 is 0 Å². The Balaban J connectivity index is 1.70. The molecular weight excluding hydrogens is 352 g/mol. The van der Waals surface area contributed by atoms with Crippen molar-refractivity contribution in [3.8, 4) is 0 Å². The SMILES string of the molecule is Cc1ccc(NC(=O)c2cccc(S(=O)(=O)NCC3CCCO3)c2)cc1. The van der Waals surface area contributed by atoms with Gasteiger partial charge >= 0.3 is 0 Å². The fraction of sp³-hybridized carbons (Fsp3) is 0.316. The third-order valence-corrected chi connectivity index (χ3v) is 5.66. The molecule has 1 fully saturated rings. The summed E-state index contributed by atoms with van der Waals surface area (Å²) >= 11 is 0. The molecule has 3 rings (SSSR count). The summed E-state index contributed by atoms with van der Waals surface area (Å²) < 4.78 is 32.9. The van der Waals surface area contributed by atoms with E-state index in [0.717, 1.165) is 18.4 Å². The van der Waals surface area contributed by atoms with Crippen LogP contribution in [0.25, 0.3) is 0 Å². The first-order valence-corrected chi connectivity index (χ1v) is 10.0. The number of carbonyl (C=O) groups is 1. The number of rotatable bonds is 6. The van der Waals surface area contributed by atoms with Gasteiger partial charge in [0.05, 0.1) is 11.0 Å². The number of ether oxygens (including phenoxy) is 1. The highest BCUT2D eigenvalue weighted by Crippen LogP contribution is 2.16. The van der Waals surface area contributed by atoms with Crippen LogP contribution in [0.3, 0.4) is 0 Å². The highest BCUT2D eigenvalue weighted by atomic mass is 32.2. The Kier molecular flexibility index (Phi) is 5.70. The quantitative estimate of drug-likeness (QED) is 0.814. The average molecular weight is 374 g/mol. The van der Waals surface area contributed by atoms with Gasteiger partial charge in [0, 0.05) is 24.4 Å². The van der Waals surface area contributed by atoms with Crippen LogP contribution in [0.2, 0.25) is 0 Å². The number of carbonyl (C=O) groups excluding carboxylic acids is 1. The second-order valence-corrected chi connectivity index (χ2v) is 8.10. The van der Waals surface area contributed by atoms with Crippen LogP contribution in [0.15, 0.2) is 53.4 Å². The van der Waals surface area contributed by atoms with Gasteiger partial charge in [0.15, 0.2) is 0 Å². The molecule has 7 heteroatoms. The minimum absolute atomic E-state index is 0.0621. The Morgan fingerprint density at radius 1 is 1.19 bits per heavy atom. The largest absolute Gasteiger partial charge is 0.377 e. The van der Waals surface area contributed by atoms with Gasteiger partial charge in [-0.3, -0.25) is 4.79 Å². The number of hydrogen-bond donors (Lipinski definition) is 2. The molecule has 6 nitrogen and oxygen atoms in total. The Hall–Kier alpha value is -2.22. The van der Waals surface area contributed by atoms with Crippen LogP contribution in [0.4, 0.5) is 5.69 Å². The molecule has 0 spiro atoms. The number of hydrogen-bond acceptors (Lipinski definition) is 4. The Morgan fingerprint density at radius 2 is 1.96 bits per heavy atom. The summed E-state index contributed by atoms with van der Waals surface area (Å²) in [5, 5.41) is 2.77. The number of nitrogens with one attached hydrogen (secondary N) is 2. The van der Waals surface area contributed by atoms with Crippen LogP contribution in [0, 0.1) is 6.92 Å². The monoisotopic (exact) mass is 374 g/mol. The molecule has 1 saturated heterocycles. The summed E-state index contributed by atoms with van der Waals surface area (Å²) in [6.07, 6.45) is 1.71. The Bertz CT molecular complexity index is 873. The van der Waals surface area contributed by atoms with E-state index in [0.29, 0.717) is 12.3 Å². The molecule has 0 radical (unpaired) electrons. The summed E-state index contributed by atoms with van der Waals surface area (Å²) in [4.78, 5) is 12.5. The average Bonchev–Trinajstić information content (AvgIpc) is 3.16. The van der Waals surface area contributed by atoms with Crippen molar-refractivity contribution in [2.45, 2.75) is 30.8 Å². The van der Waals surface area contributed by atoms with Crippen LogP contribution < -0.4 is 10.0 Å². The first-order valence-electron chi connectivity index (χ1n) is 8.53. The molecule has 1 atom stereocenters. The topological polar surface area (TPSA) is 84.5 Å². The first kappa shape index (κ1) is 18.6. The molecular formula is C19H22N2O4S. The van der Waals surface area contributed by atoms with Crippen molar-refractivity contribution >= 4 is 21.6 Å². The molecule has 0 saturated carbocycles. The molecule has 1 amide bonds. The van der Waals surface area contributed by atoms with Crippen molar-refractivity contribution in [3.63, 3.8) is 0 Å². The molecule has 138 valence electrons. The van der Waals surface area contributed by atoms with Crippen LogP contribution in [-0.4, -0.2) is 33.6 Å². The van der Waals surface area contributed by atoms with Crippen molar-refractivity contribution in [1.29, 1.82) is 0 Å². The number of anilines is 1. The zero-order valence-electron chi connectivity index (χ0n) is 14.6. The highest BCUT2D eigenvalue weighted by molar-refractivity contribution is 7.89. The van der Waals surface area contributed by atoms with Crippen LogP contribution in [-0.2, 0) is 14.8 Å². The van der Waals surface area contributed by atoms with Gasteiger partial charge < -0.3 is 10.1 Å². The van der Waals surface area contributed by atoms with E-state index in [-0.39, 0.29) is 29.0 Å². The second-order valence-electron chi connectivity index (χ2n) is 6.33. The molecule has 1 heterocycles. The second kappa shape index (κ2) is 7.99. The molecule has 26 heavy (non-hydrogen) atoms. The van der Waals surface area contributed by atoms with E-state index in [1.165, 1.54) is 12.1 Å². The van der Waals surface area contributed by atoms with Gasteiger partial charge in [-0.2, -0.15) is 0 Å². The van der Waals surface area contributed by atoms with Gasteiger partial charge in [-0.25, -0.2) is 13.1 Å². The van der Waals surface area contributed by atoms with Gasteiger partial charge in [-0.15, -0.1) is 0 Å². The maximum absolute atomic E-state index is 12.5. The predicted octanol–water partition coefficient (Wildman–Crippen LogP) is 2.70. The Labute approximate surface area is 153 Å². The molecule has 0 aliphatic carbocycles. The lowest BCUT2D eigenvalue weighted by Gasteiger charge is -2.12. The fourth-order valence-electron chi connectivity index (χ4n) is 2.74. The molecule has 1 unspecified atom stereocenters. The number of amides is 1. The summed E-state index contributed by atoms with van der Waals surface area (Å²) in [5.41, 5.74) is 2.03. The number of benzene rings is 2. The normalized spacial score (nSPS) is 17.2. The standard InChI is InChI=1S/C19H22N2O4S/c1-14-7-9-16(10-8-14)21-19(22)15-4-2-6-18(12-15)26(23,24)20-13-17-5-3-11-25-17/h2,4,6-10,12,17,20H,3,5,11,13H2,1H3,(H,21,22). The van der Waals surface area contributed by atoms with Crippen molar-refractivity contribution in [1.82, 2.24) is 4.72 Å². The molecule has 2 aromatic rings. The van der Waals surface area contributed by atoms with Gasteiger partial charge in [0.1, 0.15) is 0 Å². The van der Waals surface area contributed by atoms with Crippen molar-refractivity contribution in [3.05, 3.63) is 59.7 Å². The smallest absolute Gasteiger partial charge is 0.255 e. The molecule has 1 aliphatic rings. The van der Waals surface area contributed by atoms with E-state index in [9.17, 15) is 13.2 Å². The predicted molar refractivity (Wildman–Crippen MR) is 99.7 cm³/mol. The minimum Gasteiger partial charge on any atom is -0.377 e. The maximum Gasteiger partial charge on any atom is 0.255 e. The lowest BCUT2D eigenvalue weighted by molar-refractivity contribution is 0.102. The zero-order chi connectivity index (χ0) is 18.6. The number of aryl methyl sites for hydroxylation is 1. The van der Waals surface area contributed by atoms with E-state index in [1.807, 2.05) is 19.1 Å². The van der Waals surface area contributed by atoms with Gasteiger partial charge in [0.25, 0.3) is 5.91 Å². The third-order valence-electron chi connectivity index (χ3n) is 4.24. The maximum atomic E-state index is 12.5. The van der Waals surface area contributed by atoms with Gasteiger partial charge in [-0.05, 0) is 50.1 Å². The fourth-order valence-corrected chi connectivity index (χ4v) is 3.85. The summed E-state index contributed by atoms with van der Waals surface area (Å²) in [6, 6.07) is 13.4. The molecule has 0 aromatic heterocycles. The van der Waals surface area contributed by atoms with Crippen LogP contribution >= 0.6 is 0 Å². The molecule has 0 bridgehead atoms. The summed E-state index contributed by atoms with van der Waals surface area (Å²) in [5.74, 6) is -0.356.